The van der Waals surface area contributed by atoms with Gasteiger partial charge in [-0.3, -0.25) is 14.8 Å². The molecule has 3 aromatic rings. The number of urea groups is 1. The van der Waals surface area contributed by atoms with Gasteiger partial charge in [0.05, 0.1) is 17.0 Å². The van der Waals surface area contributed by atoms with Gasteiger partial charge in [0.1, 0.15) is 0 Å². The highest BCUT2D eigenvalue weighted by Gasteiger charge is 2.21. The predicted octanol–water partition coefficient (Wildman–Crippen LogP) is 2.82. The van der Waals surface area contributed by atoms with Crippen LogP contribution in [-0.2, 0) is 13.1 Å². The van der Waals surface area contributed by atoms with Gasteiger partial charge in [0.2, 0.25) is 0 Å². The number of nitrogens with zero attached hydrogens (tertiary/aromatic N) is 2. The zero-order valence-electron chi connectivity index (χ0n) is 17.0. The maximum absolute atomic E-state index is 12.1. The Morgan fingerprint density at radius 1 is 1.03 bits per heavy atom. The van der Waals surface area contributed by atoms with Gasteiger partial charge in [-0.15, -0.1) is 0 Å². The van der Waals surface area contributed by atoms with Crippen molar-refractivity contribution in [3.63, 3.8) is 0 Å². The topological polar surface area (TPSA) is 122 Å². The molecule has 158 valence electrons. The van der Waals surface area contributed by atoms with Gasteiger partial charge < -0.3 is 21.7 Å². The van der Waals surface area contributed by atoms with Crippen molar-refractivity contribution in [2.75, 3.05) is 5.32 Å². The van der Waals surface area contributed by atoms with Crippen LogP contribution in [0, 0.1) is 0 Å². The van der Waals surface area contributed by atoms with E-state index in [0.717, 1.165) is 29.7 Å². The molecule has 1 fully saturated rings. The molecule has 8 nitrogen and oxygen atoms in total. The second-order valence-electron chi connectivity index (χ2n) is 7.46. The molecule has 5 N–H and O–H groups in total. The summed E-state index contributed by atoms with van der Waals surface area (Å²) in [5.41, 5.74) is 9.78. The minimum atomic E-state index is -0.483. The van der Waals surface area contributed by atoms with E-state index >= 15 is 0 Å². The number of carbonyl (C=O) groups is 2. The van der Waals surface area contributed by atoms with Gasteiger partial charge in [0.15, 0.2) is 0 Å². The fourth-order valence-electron chi connectivity index (χ4n) is 3.13. The molecule has 0 atom stereocenters. The van der Waals surface area contributed by atoms with E-state index in [1.165, 1.54) is 0 Å². The Hall–Kier alpha value is -3.78. The fourth-order valence-corrected chi connectivity index (χ4v) is 3.13. The van der Waals surface area contributed by atoms with E-state index in [-0.39, 0.29) is 6.03 Å². The summed E-state index contributed by atoms with van der Waals surface area (Å²) in [6, 6.07) is 14.8. The number of anilines is 1. The van der Waals surface area contributed by atoms with Crippen molar-refractivity contribution in [2.45, 2.75) is 32.0 Å². The Kier molecular flexibility index (Phi) is 6.18. The van der Waals surface area contributed by atoms with Crippen LogP contribution in [0.4, 0.5) is 10.5 Å². The van der Waals surface area contributed by atoms with Crippen molar-refractivity contribution in [1.82, 2.24) is 20.6 Å². The van der Waals surface area contributed by atoms with E-state index < -0.39 is 5.91 Å². The largest absolute Gasteiger partial charge is 0.366 e. The van der Waals surface area contributed by atoms with Crippen LogP contribution in [0.5, 0.6) is 0 Å². The number of nitrogens with one attached hydrogen (secondary N) is 3. The first-order chi connectivity index (χ1) is 15.1. The first-order valence-corrected chi connectivity index (χ1v) is 10.2. The van der Waals surface area contributed by atoms with Crippen LogP contribution in [0.2, 0.25) is 0 Å². The Balaban J connectivity index is 1.40. The molecule has 2 heterocycles. The predicted molar refractivity (Wildman–Crippen MR) is 118 cm³/mol. The highest BCUT2D eigenvalue weighted by atomic mass is 16.2. The fraction of sp³-hybridized carbons (Fsp3) is 0.217. The van der Waals surface area contributed by atoms with Gasteiger partial charge in [-0.25, -0.2) is 4.79 Å². The van der Waals surface area contributed by atoms with Gasteiger partial charge in [-0.05, 0) is 48.7 Å². The number of hydrogen-bond donors (Lipinski definition) is 4. The maximum atomic E-state index is 12.1. The molecule has 31 heavy (non-hydrogen) atoms. The highest BCUT2D eigenvalue weighted by Crippen LogP contribution is 2.23. The second kappa shape index (κ2) is 9.36. The lowest BCUT2D eigenvalue weighted by Crippen LogP contribution is -2.28. The number of hydrogen-bond acceptors (Lipinski definition) is 5. The summed E-state index contributed by atoms with van der Waals surface area (Å²) in [5, 5.41) is 8.97. The number of primary amides is 1. The molecule has 0 aliphatic heterocycles. The second-order valence-corrected chi connectivity index (χ2v) is 7.46. The molecule has 0 unspecified atom stereocenters. The Morgan fingerprint density at radius 2 is 1.84 bits per heavy atom. The van der Waals surface area contributed by atoms with E-state index in [2.05, 4.69) is 25.9 Å². The lowest BCUT2D eigenvalue weighted by Gasteiger charge is -2.11. The molecule has 1 aromatic carbocycles. The number of benzene rings is 1. The van der Waals surface area contributed by atoms with Crippen LogP contribution in [0.1, 0.15) is 34.5 Å². The standard InChI is InChI=1S/C23H24N6O2/c24-22(30)19-9-10-20(29-21(19)14-26-17-7-8-17)16-3-5-18(6-4-16)28-23(31)27-13-15-2-1-11-25-12-15/h1-6,9-12,17,26H,7-8,13-14H2,(H2,24,30)(H2,27,28,31). The normalized spacial score (nSPS) is 12.9. The molecule has 2 aromatic heterocycles. The molecular weight excluding hydrogens is 392 g/mol. The van der Waals surface area contributed by atoms with Crippen molar-refractivity contribution >= 4 is 17.6 Å². The summed E-state index contributed by atoms with van der Waals surface area (Å²) < 4.78 is 0. The van der Waals surface area contributed by atoms with Crippen molar-refractivity contribution in [3.05, 3.63) is 77.7 Å². The summed E-state index contributed by atoms with van der Waals surface area (Å²) in [5.74, 6) is -0.483. The van der Waals surface area contributed by atoms with Crippen LogP contribution >= 0.6 is 0 Å². The number of carbonyl (C=O) groups excluding carboxylic acids is 2. The van der Waals surface area contributed by atoms with E-state index in [0.29, 0.717) is 36.1 Å². The molecule has 1 aliphatic carbocycles. The van der Waals surface area contributed by atoms with Crippen molar-refractivity contribution in [1.29, 1.82) is 0 Å². The van der Waals surface area contributed by atoms with Crippen LogP contribution < -0.4 is 21.7 Å². The molecule has 1 saturated carbocycles. The van der Waals surface area contributed by atoms with Crippen molar-refractivity contribution in [2.24, 2.45) is 5.73 Å². The number of amides is 3. The van der Waals surface area contributed by atoms with Crippen LogP contribution in [-0.4, -0.2) is 27.9 Å². The lowest BCUT2D eigenvalue weighted by molar-refractivity contribution is 0.0998. The molecule has 0 radical (unpaired) electrons. The SMILES string of the molecule is NC(=O)c1ccc(-c2ccc(NC(=O)NCc3cccnc3)cc2)nc1CNC1CC1. The minimum absolute atomic E-state index is 0.297. The third kappa shape index (κ3) is 5.64. The van der Waals surface area contributed by atoms with E-state index in [9.17, 15) is 9.59 Å². The zero-order chi connectivity index (χ0) is 21.6. The average molecular weight is 416 g/mol. The average Bonchev–Trinajstić information content (AvgIpc) is 3.62. The molecule has 8 heteroatoms. The highest BCUT2D eigenvalue weighted by molar-refractivity contribution is 5.94. The van der Waals surface area contributed by atoms with Crippen LogP contribution in [0.3, 0.4) is 0 Å². The molecule has 0 saturated heterocycles. The Bertz CT molecular complexity index is 1070. The maximum Gasteiger partial charge on any atom is 0.319 e. The number of aromatic nitrogens is 2. The van der Waals surface area contributed by atoms with E-state index in [4.69, 9.17) is 5.73 Å². The molecule has 0 bridgehead atoms. The molecule has 0 spiro atoms. The third-order valence-corrected chi connectivity index (χ3v) is 4.99. The summed E-state index contributed by atoms with van der Waals surface area (Å²) in [7, 11) is 0. The molecule has 4 rings (SSSR count). The van der Waals surface area contributed by atoms with Gasteiger partial charge in [-0.2, -0.15) is 0 Å². The molecule has 1 aliphatic rings. The van der Waals surface area contributed by atoms with Crippen LogP contribution in [0.15, 0.2) is 60.9 Å². The number of pyridine rings is 2. The number of rotatable bonds is 8. The van der Waals surface area contributed by atoms with Gasteiger partial charge in [0, 0.05) is 42.8 Å². The first kappa shape index (κ1) is 20.5. The summed E-state index contributed by atoms with van der Waals surface area (Å²) in [6.07, 6.45) is 5.69. The minimum Gasteiger partial charge on any atom is -0.366 e. The summed E-state index contributed by atoms with van der Waals surface area (Å²) >= 11 is 0. The Labute approximate surface area is 180 Å². The smallest absolute Gasteiger partial charge is 0.319 e. The number of nitrogens with two attached hydrogens (primary N) is 1. The monoisotopic (exact) mass is 416 g/mol. The van der Waals surface area contributed by atoms with Gasteiger partial charge in [0.25, 0.3) is 5.91 Å². The third-order valence-electron chi connectivity index (χ3n) is 4.99. The first-order valence-electron chi connectivity index (χ1n) is 10.2. The molecular formula is C23H24N6O2. The van der Waals surface area contributed by atoms with E-state index in [1.54, 1.807) is 24.5 Å². The zero-order valence-corrected chi connectivity index (χ0v) is 17.0. The van der Waals surface area contributed by atoms with Crippen LogP contribution in [0.25, 0.3) is 11.3 Å². The van der Waals surface area contributed by atoms with Crippen molar-refractivity contribution < 1.29 is 9.59 Å². The summed E-state index contributed by atoms with van der Waals surface area (Å²) in [4.78, 5) is 32.5. The van der Waals surface area contributed by atoms with Crippen molar-refractivity contribution in [3.8, 4) is 11.3 Å². The summed E-state index contributed by atoms with van der Waals surface area (Å²) in [6.45, 7) is 0.902. The lowest BCUT2D eigenvalue weighted by atomic mass is 10.1. The quantitative estimate of drug-likeness (QED) is 0.450. The van der Waals surface area contributed by atoms with Gasteiger partial charge in [-0.1, -0.05) is 18.2 Å². The Morgan fingerprint density at radius 3 is 2.52 bits per heavy atom. The van der Waals surface area contributed by atoms with E-state index in [1.807, 2.05) is 36.4 Å². The molecule has 3 amide bonds. The van der Waals surface area contributed by atoms with Gasteiger partial charge >= 0.3 is 6.03 Å².